The Kier molecular flexibility index (Phi) is 3.39. The number of hydrogen-bond donors (Lipinski definition) is 2. The van der Waals surface area contributed by atoms with E-state index in [0.717, 1.165) is 12.2 Å². The fourth-order valence-corrected chi connectivity index (χ4v) is 1.22. The molecule has 0 fully saturated rings. The van der Waals surface area contributed by atoms with Crippen LogP contribution in [-0.4, -0.2) is 23.4 Å². The monoisotopic (exact) mass is 180 g/mol. The molecule has 1 rings (SSSR count). The normalized spacial score (nSPS) is 11.6. The minimum atomic E-state index is -0.0377. The zero-order valence-corrected chi connectivity index (χ0v) is 8.12. The van der Waals surface area contributed by atoms with Crippen LogP contribution in [0.15, 0.2) is 24.4 Å². The second kappa shape index (κ2) is 4.35. The number of hydrogen-bond acceptors (Lipinski definition) is 3. The average Bonchev–Trinajstić information content (AvgIpc) is 2.16. The molecule has 0 atom stereocenters. The lowest BCUT2D eigenvalue weighted by Gasteiger charge is -2.23. The minimum Gasteiger partial charge on any atom is -0.381 e. The lowest BCUT2D eigenvalue weighted by atomic mass is 9.89. The van der Waals surface area contributed by atoms with Crippen LogP contribution in [0.5, 0.6) is 0 Å². The molecule has 0 saturated carbocycles. The summed E-state index contributed by atoms with van der Waals surface area (Å²) in [4.78, 5) is 4.28. The summed E-state index contributed by atoms with van der Waals surface area (Å²) >= 11 is 0. The zero-order valence-electron chi connectivity index (χ0n) is 8.12. The van der Waals surface area contributed by atoms with Gasteiger partial charge in [0, 0.05) is 23.9 Å². The van der Waals surface area contributed by atoms with Crippen LogP contribution in [0.4, 0.5) is 0 Å². The number of aliphatic hydroxyl groups is 1. The van der Waals surface area contributed by atoms with Crippen molar-refractivity contribution in [2.75, 3.05) is 13.3 Å². The van der Waals surface area contributed by atoms with E-state index in [1.165, 1.54) is 0 Å². The van der Waals surface area contributed by atoms with Gasteiger partial charge < -0.3 is 5.11 Å². The summed E-state index contributed by atoms with van der Waals surface area (Å²) in [5, 5.41) is 11.5. The highest BCUT2D eigenvalue weighted by molar-refractivity contribution is 5.14. The third-order valence-electron chi connectivity index (χ3n) is 2.04. The summed E-state index contributed by atoms with van der Waals surface area (Å²) < 4.78 is 0. The van der Waals surface area contributed by atoms with Crippen LogP contribution in [0, 0.1) is 0 Å². The molecule has 0 aliphatic carbocycles. The number of nitrogens with one attached hydrogen (secondary N) is 1. The molecule has 1 aromatic rings. The van der Waals surface area contributed by atoms with Gasteiger partial charge in [0.1, 0.15) is 0 Å². The van der Waals surface area contributed by atoms with E-state index in [1.807, 2.05) is 18.2 Å². The second-order valence-corrected chi connectivity index (χ2v) is 3.68. The molecule has 0 saturated heterocycles. The Morgan fingerprint density at radius 2 is 2.23 bits per heavy atom. The lowest BCUT2D eigenvalue weighted by Crippen LogP contribution is -2.34. The summed E-state index contributed by atoms with van der Waals surface area (Å²) in [7, 11) is 0. The number of aromatic nitrogens is 1. The predicted octanol–water partition coefficient (Wildman–Crippen LogP) is 0.899. The summed E-state index contributed by atoms with van der Waals surface area (Å²) in [5.41, 5.74) is 1.00. The van der Waals surface area contributed by atoms with Crippen molar-refractivity contribution in [1.82, 2.24) is 10.3 Å². The van der Waals surface area contributed by atoms with Gasteiger partial charge in [-0.2, -0.15) is 0 Å². The largest absolute Gasteiger partial charge is 0.381 e. The summed E-state index contributed by atoms with van der Waals surface area (Å²) in [6.07, 6.45) is 1.79. The summed E-state index contributed by atoms with van der Waals surface area (Å²) in [5.74, 6) is 0. The Bertz CT molecular complexity index is 246. The SMILES string of the molecule is CC(C)(CNCO)c1ccccn1. The van der Waals surface area contributed by atoms with Crippen molar-refractivity contribution in [2.24, 2.45) is 0 Å². The summed E-state index contributed by atoms with van der Waals surface area (Å²) in [6, 6.07) is 5.88. The minimum absolute atomic E-state index is 0.0102. The van der Waals surface area contributed by atoms with Crippen LogP contribution in [-0.2, 0) is 5.41 Å². The molecule has 0 spiro atoms. The molecule has 1 aromatic heterocycles. The molecule has 0 unspecified atom stereocenters. The Hall–Kier alpha value is -0.930. The lowest BCUT2D eigenvalue weighted by molar-refractivity contribution is 0.247. The van der Waals surface area contributed by atoms with Crippen LogP contribution in [0.3, 0.4) is 0 Å². The maximum atomic E-state index is 8.64. The Labute approximate surface area is 78.8 Å². The highest BCUT2D eigenvalue weighted by Gasteiger charge is 2.20. The fourth-order valence-electron chi connectivity index (χ4n) is 1.22. The average molecular weight is 180 g/mol. The molecule has 3 heteroatoms. The quantitative estimate of drug-likeness (QED) is 0.677. The third kappa shape index (κ3) is 2.79. The zero-order chi connectivity index (χ0) is 9.73. The summed E-state index contributed by atoms with van der Waals surface area (Å²) in [6.45, 7) is 4.92. The van der Waals surface area contributed by atoms with Gasteiger partial charge in [0.15, 0.2) is 0 Å². The number of aliphatic hydroxyl groups excluding tert-OH is 1. The van der Waals surface area contributed by atoms with Crippen molar-refractivity contribution >= 4 is 0 Å². The topological polar surface area (TPSA) is 45.1 Å². The van der Waals surface area contributed by atoms with E-state index in [-0.39, 0.29) is 12.1 Å². The third-order valence-corrected chi connectivity index (χ3v) is 2.04. The molecule has 0 aromatic carbocycles. The van der Waals surface area contributed by atoms with Gasteiger partial charge in [-0.3, -0.25) is 10.3 Å². The molecule has 3 nitrogen and oxygen atoms in total. The van der Waals surface area contributed by atoms with E-state index >= 15 is 0 Å². The van der Waals surface area contributed by atoms with Gasteiger partial charge >= 0.3 is 0 Å². The molecule has 0 radical (unpaired) electrons. The first-order valence-corrected chi connectivity index (χ1v) is 4.40. The number of rotatable bonds is 4. The first-order chi connectivity index (χ1) is 6.17. The molecule has 0 amide bonds. The van der Waals surface area contributed by atoms with E-state index < -0.39 is 0 Å². The van der Waals surface area contributed by atoms with Gasteiger partial charge in [0.2, 0.25) is 0 Å². The maximum Gasteiger partial charge on any atom is 0.0931 e. The highest BCUT2D eigenvalue weighted by atomic mass is 16.3. The van der Waals surface area contributed by atoms with Crippen LogP contribution in [0.2, 0.25) is 0 Å². The van der Waals surface area contributed by atoms with Gasteiger partial charge in [-0.1, -0.05) is 19.9 Å². The van der Waals surface area contributed by atoms with E-state index in [4.69, 9.17) is 5.11 Å². The first-order valence-electron chi connectivity index (χ1n) is 4.40. The number of pyridine rings is 1. The van der Waals surface area contributed by atoms with Crippen LogP contribution >= 0.6 is 0 Å². The van der Waals surface area contributed by atoms with E-state index in [1.54, 1.807) is 6.20 Å². The van der Waals surface area contributed by atoms with Crippen molar-refractivity contribution in [3.63, 3.8) is 0 Å². The Morgan fingerprint density at radius 3 is 2.77 bits per heavy atom. The molecular weight excluding hydrogens is 164 g/mol. The molecular formula is C10H16N2O. The molecule has 72 valence electrons. The first kappa shape index (κ1) is 10.2. The molecule has 0 aliphatic rings. The van der Waals surface area contributed by atoms with Crippen LogP contribution < -0.4 is 5.32 Å². The Morgan fingerprint density at radius 1 is 1.46 bits per heavy atom. The van der Waals surface area contributed by atoms with Gasteiger partial charge in [0.25, 0.3) is 0 Å². The smallest absolute Gasteiger partial charge is 0.0931 e. The molecule has 2 N–H and O–H groups in total. The maximum absolute atomic E-state index is 8.64. The van der Waals surface area contributed by atoms with E-state index in [9.17, 15) is 0 Å². The van der Waals surface area contributed by atoms with Crippen molar-refractivity contribution < 1.29 is 5.11 Å². The van der Waals surface area contributed by atoms with Gasteiger partial charge in [-0.25, -0.2) is 0 Å². The van der Waals surface area contributed by atoms with E-state index in [2.05, 4.69) is 24.1 Å². The molecule has 1 heterocycles. The van der Waals surface area contributed by atoms with Crippen molar-refractivity contribution in [1.29, 1.82) is 0 Å². The second-order valence-electron chi connectivity index (χ2n) is 3.68. The van der Waals surface area contributed by atoms with Crippen molar-refractivity contribution in [3.8, 4) is 0 Å². The van der Waals surface area contributed by atoms with Gasteiger partial charge in [-0.15, -0.1) is 0 Å². The van der Waals surface area contributed by atoms with Gasteiger partial charge in [0.05, 0.1) is 6.73 Å². The number of nitrogens with zero attached hydrogens (tertiary/aromatic N) is 1. The fraction of sp³-hybridized carbons (Fsp3) is 0.500. The molecule has 13 heavy (non-hydrogen) atoms. The highest BCUT2D eigenvalue weighted by Crippen LogP contribution is 2.18. The van der Waals surface area contributed by atoms with Crippen LogP contribution in [0.1, 0.15) is 19.5 Å². The molecule has 0 bridgehead atoms. The Balaban J connectivity index is 2.69. The van der Waals surface area contributed by atoms with Gasteiger partial charge in [-0.05, 0) is 12.1 Å². The van der Waals surface area contributed by atoms with Crippen molar-refractivity contribution in [2.45, 2.75) is 19.3 Å². The van der Waals surface area contributed by atoms with Crippen LogP contribution in [0.25, 0.3) is 0 Å². The predicted molar refractivity (Wildman–Crippen MR) is 52.4 cm³/mol. The van der Waals surface area contributed by atoms with E-state index in [0.29, 0.717) is 0 Å². The van der Waals surface area contributed by atoms with Crippen molar-refractivity contribution in [3.05, 3.63) is 30.1 Å². The molecule has 0 aliphatic heterocycles. The standard InChI is InChI=1S/C10H16N2O/c1-10(2,7-11-8-13)9-5-3-4-6-12-9/h3-6,11,13H,7-8H2,1-2H3.